The van der Waals surface area contributed by atoms with Gasteiger partial charge in [-0.25, -0.2) is 0 Å². The van der Waals surface area contributed by atoms with Crippen LogP contribution in [0.2, 0.25) is 5.02 Å². The molecule has 1 N–H and O–H groups in total. The first-order valence-electron chi connectivity index (χ1n) is 6.86. The Labute approximate surface area is 139 Å². The lowest BCUT2D eigenvalue weighted by Crippen LogP contribution is -2.23. The van der Waals surface area contributed by atoms with Crippen LogP contribution in [0.3, 0.4) is 0 Å². The van der Waals surface area contributed by atoms with E-state index in [0.29, 0.717) is 27.7 Å². The molecule has 0 radical (unpaired) electrons. The van der Waals surface area contributed by atoms with Crippen molar-refractivity contribution in [1.29, 1.82) is 0 Å². The van der Waals surface area contributed by atoms with Crippen LogP contribution in [0.25, 0.3) is 0 Å². The fourth-order valence-electron chi connectivity index (χ4n) is 2.14. The standard InChI is InChI=1S/C16H18ClN3O3/c1-19(2)16(22)12-8-11(5-6-14(12)23-4)18-15(21)13-7-10(17)9-20(13)3/h5-9H,1-4H3,(H,18,21). The molecule has 0 atom stereocenters. The molecule has 0 fully saturated rings. The summed E-state index contributed by atoms with van der Waals surface area (Å²) < 4.78 is 6.83. The normalized spacial score (nSPS) is 10.3. The van der Waals surface area contributed by atoms with Crippen LogP contribution in [0, 0.1) is 0 Å². The Morgan fingerprint density at radius 3 is 2.48 bits per heavy atom. The molecule has 6 nitrogen and oxygen atoms in total. The number of aryl methyl sites for hydroxylation is 1. The average molecular weight is 336 g/mol. The zero-order valence-electron chi connectivity index (χ0n) is 13.4. The number of nitrogens with zero attached hydrogens (tertiary/aromatic N) is 2. The highest BCUT2D eigenvalue weighted by Crippen LogP contribution is 2.24. The van der Waals surface area contributed by atoms with E-state index in [1.807, 2.05) is 0 Å². The van der Waals surface area contributed by atoms with Crippen molar-refractivity contribution in [2.45, 2.75) is 0 Å². The van der Waals surface area contributed by atoms with Gasteiger partial charge in [-0.05, 0) is 24.3 Å². The fraction of sp³-hybridized carbons (Fsp3) is 0.250. The molecule has 0 aliphatic heterocycles. The van der Waals surface area contributed by atoms with Gasteiger partial charge in [0, 0.05) is 33.0 Å². The maximum absolute atomic E-state index is 12.3. The fourth-order valence-corrected chi connectivity index (χ4v) is 2.39. The molecule has 0 unspecified atom stereocenters. The number of rotatable bonds is 4. The van der Waals surface area contributed by atoms with E-state index in [2.05, 4.69) is 5.32 Å². The number of carbonyl (C=O) groups excluding carboxylic acids is 2. The van der Waals surface area contributed by atoms with E-state index in [9.17, 15) is 9.59 Å². The van der Waals surface area contributed by atoms with Gasteiger partial charge in [-0.2, -0.15) is 0 Å². The molecule has 0 spiro atoms. The summed E-state index contributed by atoms with van der Waals surface area (Å²) in [6, 6.07) is 6.48. The van der Waals surface area contributed by atoms with Gasteiger partial charge in [0.2, 0.25) is 0 Å². The Kier molecular flexibility index (Phi) is 4.95. The van der Waals surface area contributed by atoms with E-state index >= 15 is 0 Å². The number of carbonyl (C=O) groups is 2. The second-order valence-corrected chi connectivity index (χ2v) is 5.66. The zero-order valence-corrected chi connectivity index (χ0v) is 14.1. The van der Waals surface area contributed by atoms with Gasteiger partial charge in [0.05, 0.1) is 17.7 Å². The minimum atomic E-state index is -0.312. The molecule has 2 amide bonds. The van der Waals surface area contributed by atoms with Crippen molar-refractivity contribution in [2.24, 2.45) is 7.05 Å². The highest BCUT2D eigenvalue weighted by Gasteiger charge is 2.17. The molecular weight excluding hydrogens is 318 g/mol. The first kappa shape index (κ1) is 16.9. The third kappa shape index (κ3) is 3.65. The number of hydrogen-bond donors (Lipinski definition) is 1. The molecule has 0 aliphatic carbocycles. The summed E-state index contributed by atoms with van der Waals surface area (Å²) in [5.74, 6) is -0.0729. The van der Waals surface area contributed by atoms with Crippen molar-refractivity contribution >= 4 is 29.1 Å². The van der Waals surface area contributed by atoms with Crippen LogP contribution in [0.1, 0.15) is 20.8 Å². The monoisotopic (exact) mass is 335 g/mol. The molecule has 0 saturated heterocycles. The van der Waals surface area contributed by atoms with Crippen molar-refractivity contribution in [3.63, 3.8) is 0 Å². The number of halogens is 1. The summed E-state index contributed by atoms with van der Waals surface area (Å²) in [6.07, 6.45) is 1.64. The summed E-state index contributed by atoms with van der Waals surface area (Å²) in [5.41, 5.74) is 1.30. The minimum absolute atomic E-state index is 0.208. The number of amides is 2. The van der Waals surface area contributed by atoms with Gasteiger partial charge in [-0.3, -0.25) is 9.59 Å². The molecule has 0 bridgehead atoms. The molecule has 0 aliphatic rings. The molecular formula is C16H18ClN3O3. The number of aromatic nitrogens is 1. The van der Waals surface area contributed by atoms with E-state index in [0.717, 1.165) is 0 Å². The SMILES string of the molecule is COc1ccc(NC(=O)c2cc(Cl)cn2C)cc1C(=O)N(C)C. The summed E-state index contributed by atoms with van der Waals surface area (Å²) >= 11 is 5.89. The Morgan fingerprint density at radius 1 is 1.26 bits per heavy atom. The Balaban J connectivity index is 2.30. The molecule has 7 heteroatoms. The smallest absolute Gasteiger partial charge is 0.272 e. The maximum Gasteiger partial charge on any atom is 0.272 e. The number of methoxy groups -OCH3 is 1. The third-order valence-electron chi connectivity index (χ3n) is 3.30. The van der Waals surface area contributed by atoms with Crippen molar-refractivity contribution in [3.05, 3.63) is 46.7 Å². The highest BCUT2D eigenvalue weighted by molar-refractivity contribution is 6.31. The summed E-state index contributed by atoms with van der Waals surface area (Å²) in [7, 11) is 6.53. The predicted octanol–water partition coefficient (Wildman–Crippen LogP) is 2.64. The van der Waals surface area contributed by atoms with Crippen LogP contribution in [-0.2, 0) is 7.05 Å². The lowest BCUT2D eigenvalue weighted by molar-refractivity contribution is 0.0824. The third-order valence-corrected chi connectivity index (χ3v) is 3.50. The van der Waals surface area contributed by atoms with E-state index in [4.69, 9.17) is 16.3 Å². The summed E-state index contributed by atoms with van der Waals surface area (Å²) in [6.45, 7) is 0. The van der Waals surface area contributed by atoms with Crippen LogP contribution in [0.5, 0.6) is 5.75 Å². The molecule has 122 valence electrons. The van der Waals surface area contributed by atoms with Crippen LogP contribution in [0.15, 0.2) is 30.5 Å². The quantitative estimate of drug-likeness (QED) is 0.934. The zero-order chi connectivity index (χ0) is 17.1. The average Bonchev–Trinajstić information content (AvgIpc) is 2.85. The van der Waals surface area contributed by atoms with Gasteiger partial charge in [0.15, 0.2) is 0 Å². The first-order valence-corrected chi connectivity index (χ1v) is 7.24. The molecule has 1 aromatic carbocycles. The largest absolute Gasteiger partial charge is 0.496 e. The Morgan fingerprint density at radius 2 is 1.96 bits per heavy atom. The number of ether oxygens (including phenoxy) is 1. The summed E-state index contributed by atoms with van der Waals surface area (Å²) in [5, 5.41) is 3.24. The number of hydrogen-bond acceptors (Lipinski definition) is 3. The van der Waals surface area contributed by atoms with E-state index < -0.39 is 0 Å². The summed E-state index contributed by atoms with van der Waals surface area (Å²) in [4.78, 5) is 25.9. The van der Waals surface area contributed by atoms with Gasteiger partial charge in [-0.15, -0.1) is 0 Å². The molecule has 2 aromatic rings. The second kappa shape index (κ2) is 6.75. The molecule has 1 aromatic heterocycles. The van der Waals surface area contributed by atoms with Crippen molar-refractivity contribution in [2.75, 3.05) is 26.5 Å². The molecule has 23 heavy (non-hydrogen) atoms. The van der Waals surface area contributed by atoms with E-state index in [-0.39, 0.29) is 11.8 Å². The lowest BCUT2D eigenvalue weighted by atomic mass is 10.1. The van der Waals surface area contributed by atoms with Gasteiger partial charge >= 0.3 is 0 Å². The van der Waals surface area contributed by atoms with Gasteiger partial charge in [0.25, 0.3) is 11.8 Å². The highest BCUT2D eigenvalue weighted by atomic mass is 35.5. The van der Waals surface area contributed by atoms with Crippen LogP contribution in [-0.4, -0.2) is 42.5 Å². The number of anilines is 1. The maximum atomic E-state index is 12.3. The predicted molar refractivity (Wildman–Crippen MR) is 89.4 cm³/mol. The second-order valence-electron chi connectivity index (χ2n) is 5.22. The lowest BCUT2D eigenvalue weighted by Gasteiger charge is -2.15. The molecule has 2 rings (SSSR count). The number of nitrogens with one attached hydrogen (secondary N) is 1. The van der Waals surface area contributed by atoms with Crippen LogP contribution < -0.4 is 10.1 Å². The van der Waals surface area contributed by atoms with Crippen molar-refractivity contribution in [3.8, 4) is 5.75 Å². The first-order chi connectivity index (χ1) is 10.8. The minimum Gasteiger partial charge on any atom is -0.496 e. The Bertz CT molecular complexity index is 753. The Hall–Kier alpha value is -2.47. The molecule has 0 saturated carbocycles. The van der Waals surface area contributed by atoms with Gasteiger partial charge in [0.1, 0.15) is 11.4 Å². The van der Waals surface area contributed by atoms with E-state index in [1.54, 1.807) is 56.2 Å². The van der Waals surface area contributed by atoms with Gasteiger partial charge in [-0.1, -0.05) is 11.6 Å². The van der Waals surface area contributed by atoms with Gasteiger partial charge < -0.3 is 19.5 Å². The number of benzene rings is 1. The van der Waals surface area contributed by atoms with Crippen molar-refractivity contribution < 1.29 is 14.3 Å². The van der Waals surface area contributed by atoms with Crippen LogP contribution >= 0.6 is 11.6 Å². The van der Waals surface area contributed by atoms with Crippen LogP contribution in [0.4, 0.5) is 5.69 Å². The molecule has 1 heterocycles. The topological polar surface area (TPSA) is 63.6 Å². The van der Waals surface area contributed by atoms with E-state index in [1.165, 1.54) is 12.0 Å². The van der Waals surface area contributed by atoms with Crippen molar-refractivity contribution in [1.82, 2.24) is 9.47 Å².